The van der Waals surface area contributed by atoms with Crippen molar-refractivity contribution < 1.29 is 9.53 Å². The van der Waals surface area contributed by atoms with Gasteiger partial charge in [0.15, 0.2) is 0 Å². The van der Waals surface area contributed by atoms with Gasteiger partial charge in [-0.3, -0.25) is 4.79 Å². The lowest BCUT2D eigenvalue weighted by molar-refractivity contribution is -0.157. The summed E-state index contributed by atoms with van der Waals surface area (Å²) in [5.41, 5.74) is -0.388. The van der Waals surface area contributed by atoms with Gasteiger partial charge in [-0.05, 0) is 27.7 Å². The number of hydrogen-bond donors (Lipinski definition) is 1. The number of nitrogens with one attached hydrogen (secondary N) is 1. The number of esters is 1. The van der Waals surface area contributed by atoms with E-state index in [-0.39, 0.29) is 17.6 Å². The zero-order chi connectivity index (χ0) is 10.8. The molecule has 1 aliphatic rings. The SMILES string of the molecule is CC(NC1CSC1)C(=O)OC(C)(C)C. The molecule has 0 aromatic rings. The minimum atomic E-state index is -0.388. The zero-order valence-electron chi connectivity index (χ0n) is 9.29. The van der Waals surface area contributed by atoms with Gasteiger partial charge in [0.05, 0.1) is 0 Å². The van der Waals surface area contributed by atoms with Crippen LogP contribution in [0, 0.1) is 0 Å². The highest BCUT2D eigenvalue weighted by Gasteiger charge is 2.26. The number of carbonyl (C=O) groups excluding carboxylic acids is 1. The Morgan fingerprint density at radius 1 is 1.50 bits per heavy atom. The Bertz CT molecular complexity index is 209. The molecule has 1 rings (SSSR count). The standard InChI is InChI=1S/C10H19NO2S/c1-7(11-8-5-14-6-8)9(12)13-10(2,3)4/h7-8,11H,5-6H2,1-4H3. The molecule has 1 fully saturated rings. The maximum Gasteiger partial charge on any atom is 0.323 e. The third-order valence-electron chi connectivity index (χ3n) is 1.88. The molecule has 0 spiro atoms. The average molecular weight is 217 g/mol. The Morgan fingerprint density at radius 2 is 2.07 bits per heavy atom. The van der Waals surface area contributed by atoms with Crippen molar-refractivity contribution >= 4 is 17.7 Å². The van der Waals surface area contributed by atoms with Crippen LogP contribution in [0.15, 0.2) is 0 Å². The quantitative estimate of drug-likeness (QED) is 0.726. The topological polar surface area (TPSA) is 38.3 Å². The Morgan fingerprint density at radius 3 is 2.43 bits per heavy atom. The predicted molar refractivity (Wildman–Crippen MR) is 59.6 cm³/mol. The van der Waals surface area contributed by atoms with E-state index in [1.165, 1.54) is 0 Å². The van der Waals surface area contributed by atoms with Gasteiger partial charge < -0.3 is 10.1 Å². The van der Waals surface area contributed by atoms with Crippen LogP contribution >= 0.6 is 11.8 Å². The van der Waals surface area contributed by atoms with E-state index < -0.39 is 0 Å². The predicted octanol–water partition coefficient (Wildman–Crippen LogP) is 1.42. The molecular weight excluding hydrogens is 198 g/mol. The molecule has 1 heterocycles. The Hall–Kier alpha value is -0.220. The van der Waals surface area contributed by atoms with Crippen LogP contribution < -0.4 is 5.32 Å². The molecule has 1 aliphatic heterocycles. The van der Waals surface area contributed by atoms with Gasteiger partial charge in [-0.2, -0.15) is 11.8 Å². The molecule has 0 radical (unpaired) electrons. The fourth-order valence-corrected chi connectivity index (χ4v) is 1.81. The highest BCUT2D eigenvalue weighted by atomic mass is 32.2. The first-order valence-corrected chi connectivity index (χ1v) is 6.10. The van der Waals surface area contributed by atoms with Crippen LogP contribution in [0.1, 0.15) is 27.7 Å². The second-order valence-electron chi connectivity index (χ2n) is 4.66. The first-order chi connectivity index (χ1) is 6.38. The van der Waals surface area contributed by atoms with Crippen molar-refractivity contribution in [2.75, 3.05) is 11.5 Å². The highest BCUT2D eigenvalue weighted by Crippen LogP contribution is 2.18. The second kappa shape index (κ2) is 4.53. The summed E-state index contributed by atoms with van der Waals surface area (Å²) in [4.78, 5) is 11.5. The molecule has 4 heteroatoms. The summed E-state index contributed by atoms with van der Waals surface area (Å²) in [5, 5.41) is 3.24. The smallest absolute Gasteiger partial charge is 0.323 e. The van der Waals surface area contributed by atoms with Gasteiger partial charge in [-0.1, -0.05) is 0 Å². The summed E-state index contributed by atoms with van der Waals surface area (Å²) in [6.45, 7) is 7.52. The van der Waals surface area contributed by atoms with E-state index in [1.807, 2.05) is 39.5 Å². The van der Waals surface area contributed by atoms with Gasteiger partial charge in [0.2, 0.25) is 0 Å². The van der Waals surface area contributed by atoms with Crippen LogP contribution in [-0.4, -0.2) is 35.2 Å². The summed E-state index contributed by atoms with van der Waals surface area (Å²) in [5.74, 6) is 2.05. The van der Waals surface area contributed by atoms with Crippen LogP contribution in [0.5, 0.6) is 0 Å². The van der Waals surface area contributed by atoms with Gasteiger partial charge in [-0.25, -0.2) is 0 Å². The van der Waals surface area contributed by atoms with Crippen molar-refractivity contribution in [3.05, 3.63) is 0 Å². The lowest BCUT2D eigenvalue weighted by Gasteiger charge is -2.30. The molecule has 82 valence electrons. The van der Waals surface area contributed by atoms with Crippen LogP contribution in [0.3, 0.4) is 0 Å². The summed E-state index contributed by atoms with van der Waals surface area (Å²) in [6.07, 6.45) is 0. The summed E-state index contributed by atoms with van der Waals surface area (Å²) in [6, 6.07) is 0.294. The lowest BCUT2D eigenvalue weighted by atomic mass is 10.2. The van der Waals surface area contributed by atoms with E-state index in [0.29, 0.717) is 6.04 Å². The maximum atomic E-state index is 11.5. The molecule has 1 N–H and O–H groups in total. The fourth-order valence-electron chi connectivity index (χ4n) is 1.14. The molecule has 1 saturated heterocycles. The molecule has 0 aromatic carbocycles. The van der Waals surface area contributed by atoms with Crippen molar-refractivity contribution in [2.45, 2.75) is 45.4 Å². The zero-order valence-corrected chi connectivity index (χ0v) is 10.1. The van der Waals surface area contributed by atoms with Crippen molar-refractivity contribution in [2.24, 2.45) is 0 Å². The molecule has 0 amide bonds. The van der Waals surface area contributed by atoms with Gasteiger partial charge in [0.25, 0.3) is 0 Å². The van der Waals surface area contributed by atoms with Gasteiger partial charge in [0.1, 0.15) is 11.6 Å². The molecule has 3 nitrogen and oxygen atoms in total. The van der Waals surface area contributed by atoms with Crippen LogP contribution in [-0.2, 0) is 9.53 Å². The van der Waals surface area contributed by atoms with Crippen molar-refractivity contribution in [3.8, 4) is 0 Å². The number of thioether (sulfide) groups is 1. The van der Waals surface area contributed by atoms with Crippen molar-refractivity contribution in [1.29, 1.82) is 0 Å². The summed E-state index contributed by atoms with van der Waals surface area (Å²) >= 11 is 1.90. The molecule has 0 saturated carbocycles. The average Bonchev–Trinajstić information content (AvgIpc) is 1.92. The Balaban J connectivity index is 2.28. The first kappa shape index (κ1) is 11.9. The number of rotatable bonds is 3. The lowest BCUT2D eigenvalue weighted by Crippen LogP contribution is -2.49. The second-order valence-corrected chi connectivity index (χ2v) is 5.73. The van der Waals surface area contributed by atoms with E-state index >= 15 is 0 Å². The van der Waals surface area contributed by atoms with Crippen LogP contribution in [0.2, 0.25) is 0 Å². The monoisotopic (exact) mass is 217 g/mol. The minimum Gasteiger partial charge on any atom is -0.459 e. The summed E-state index contributed by atoms with van der Waals surface area (Å²) < 4.78 is 5.26. The van der Waals surface area contributed by atoms with E-state index in [9.17, 15) is 4.79 Å². The molecule has 1 unspecified atom stereocenters. The Labute approximate surface area is 90.0 Å². The van der Waals surface area contributed by atoms with E-state index in [1.54, 1.807) is 0 Å². The Kier molecular flexibility index (Phi) is 3.84. The normalized spacial score (nSPS) is 20.0. The van der Waals surface area contributed by atoms with Gasteiger partial charge in [-0.15, -0.1) is 0 Å². The third kappa shape index (κ3) is 3.88. The summed E-state index contributed by atoms with van der Waals surface area (Å²) in [7, 11) is 0. The molecule has 0 aromatic heterocycles. The molecular formula is C10H19NO2S. The van der Waals surface area contributed by atoms with Crippen LogP contribution in [0.4, 0.5) is 0 Å². The van der Waals surface area contributed by atoms with E-state index in [0.717, 1.165) is 11.5 Å². The number of carbonyl (C=O) groups is 1. The van der Waals surface area contributed by atoms with Crippen molar-refractivity contribution in [1.82, 2.24) is 5.32 Å². The molecule has 0 bridgehead atoms. The van der Waals surface area contributed by atoms with Gasteiger partial charge >= 0.3 is 5.97 Å². The minimum absolute atomic E-state index is 0.158. The molecule has 0 aliphatic carbocycles. The largest absolute Gasteiger partial charge is 0.459 e. The van der Waals surface area contributed by atoms with Crippen molar-refractivity contribution in [3.63, 3.8) is 0 Å². The van der Waals surface area contributed by atoms with E-state index in [4.69, 9.17) is 4.74 Å². The molecule has 1 atom stereocenters. The highest BCUT2D eigenvalue weighted by molar-refractivity contribution is 8.00. The van der Waals surface area contributed by atoms with Crippen LogP contribution in [0.25, 0.3) is 0 Å². The number of ether oxygens (including phenoxy) is 1. The first-order valence-electron chi connectivity index (χ1n) is 4.95. The number of hydrogen-bond acceptors (Lipinski definition) is 4. The van der Waals surface area contributed by atoms with E-state index in [2.05, 4.69) is 5.32 Å². The fraction of sp³-hybridized carbons (Fsp3) is 0.900. The molecule has 14 heavy (non-hydrogen) atoms. The maximum absolute atomic E-state index is 11.5. The third-order valence-corrected chi connectivity index (χ3v) is 3.16. The van der Waals surface area contributed by atoms with Gasteiger partial charge in [0, 0.05) is 17.5 Å².